The second-order valence-corrected chi connectivity index (χ2v) is 0. The summed E-state index contributed by atoms with van der Waals surface area (Å²) in [6.45, 7) is 0. The molecule has 0 aromatic heterocycles. The smallest absolute Gasteiger partial charge is 0.0814 e. The molecule has 4 heteroatoms. The molecule has 0 heterocycles. The molecule has 1 atom stereocenters. The Morgan fingerprint density at radius 1 is 0.750 bits per heavy atom. The average molecular weight is 120 g/mol. The van der Waals surface area contributed by atoms with Gasteiger partial charge in [0.15, 0.2) is 0 Å². The first-order chi connectivity index (χ1) is 0. The second-order valence-electron chi connectivity index (χ2n) is 0. The zero-order chi connectivity index (χ0) is 0. The Morgan fingerprint density at radius 2 is 0.750 bits per heavy atom. The first-order valence-corrected chi connectivity index (χ1v) is 0. The predicted octanol–water partition coefficient (Wildman–Crippen LogP) is -2.31. The summed E-state index contributed by atoms with van der Waals surface area (Å²) in [5.74, 6) is 0. The van der Waals surface area contributed by atoms with Crippen LogP contribution in [0.25, 0.3) is 0 Å². The van der Waals surface area contributed by atoms with Gasteiger partial charge in [-0.1, -0.05) is 0 Å². The normalized spacial score (nSPS) is 0. The van der Waals surface area contributed by atoms with E-state index in [1.807, 2.05) is 0 Å². The molecule has 4 heavy (non-hydrogen) atoms. The molecule has 0 N–H and O–H groups in total. The van der Waals surface area contributed by atoms with Crippen LogP contribution in [-0.2, 0) is 16.5 Å². The van der Waals surface area contributed by atoms with Gasteiger partial charge in [-0.25, -0.2) is 0 Å². The first-order valence-electron chi connectivity index (χ1n) is 0. The van der Waals surface area contributed by atoms with E-state index in [4.69, 9.17) is 0 Å². The predicted molar refractivity (Wildman–Crippen MR) is 31.0 cm³/mol. The molecule has 0 aromatic rings. The van der Waals surface area contributed by atoms with E-state index >= 15 is 0 Å². The molecule has 0 aliphatic carbocycles. The van der Waals surface area contributed by atoms with Crippen LogP contribution in [-0.4, -0.2) is 16.8 Å². The van der Waals surface area contributed by atoms with Gasteiger partial charge in [0.2, 0.25) is 0 Å². The molecule has 0 fully saturated rings. The number of rotatable bonds is 0. The van der Waals surface area contributed by atoms with Crippen LogP contribution in [0.5, 0.6) is 0 Å². The monoisotopic (exact) mass is 120 g/mol. The minimum Gasteiger partial charge on any atom is -0.153 e. The van der Waals surface area contributed by atoms with Crippen LogP contribution in [0.15, 0.2) is 0 Å². The molecule has 0 rings (SSSR count). The van der Waals surface area contributed by atoms with Gasteiger partial charge < -0.3 is 0 Å². The van der Waals surface area contributed by atoms with Crippen LogP contribution in [0, 0.1) is 0 Å². The van der Waals surface area contributed by atoms with Crippen LogP contribution in [0.2, 0.25) is 0 Å². The first kappa shape index (κ1) is 74.8. The summed E-state index contributed by atoms with van der Waals surface area (Å²) in [5.41, 5.74) is 0. The van der Waals surface area contributed by atoms with Gasteiger partial charge in [-0.2, -0.15) is 9.90 Å². The molecule has 0 radical (unpaired) electrons. The number of hydrogen-bond acceptors (Lipinski definition) is 0. The van der Waals surface area contributed by atoms with E-state index in [1.54, 1.807) is 0 Å². The van der Waals surface area contributed by atoms with E-state index in [0.29, 0.717) is 0 Å². The second kappa shape index (κ2) is 34.1. The zero-order valence-corrected chi connectivity index (χ0v) is 3.43. The minimum atomic E-state index is 0. The van der Waals surface area contributed by atoms with Crippen molar-refractivity contribution in [3.05, 3.63) is 0 Å². The molecule has 0 aromatic carbocycles. The third-order valence-electron chi connectivity index (χ3n) is 0. The fraction of sp³-hybridized carbons (Fsp3) is 0. The molecule has 0 aliphatic rings. The van der Waals surface area contributed by atoms with Crippen molar-refractivity contribution in [3.63, 3.8) is 0 Å². The van der Waals surface area contributed by atoms with E-state index in [1.165, 1.54) is 0 Å². The van der Waals surface area contributed by atoms with E-state index in [0.717, 1.165) is 0 Å². The Bertz CT molecular complexity index is 6.00. The van der Waals surface area contributed by atoms with Gasteiger partial charge in [0, 0.05) is 16.5 Å². The van der Waals surface area contributed by atoms with E-state index < -0.39 is 0 Å². The Kier molecular flexibility index (Phi) is 637. The SMILES string of the molecule is B.B.P.[Ni]. The van der Waals surface area contributed by atoms with Gasteiger partial charge in [-0.3, -0.25) is 0 Å². The van der Waals surface area contributed by atoms with E-state index in [9.17, 15) is 0 Å². The molecular formula is H9B2NiP. The Hall–Kier alpha value is 1.05. The maximum atomic E-state index is 0. The van der Waals surface area contributed by atoms with Crippen molar-refractivity contribution >= 4 is 26.7 Å². The van der Waals surface area contributed by atoms with Crippen LogP contribution in [0.1, 0.15) is 0 Å². The van der Waals surface area contributed by atoms with Crippen molar-refractivity contribution in [1.82, 2.24) is 0 Å². The van der Waals surface area contributed by atoms with E-state index in [-0.39, 0.29) is 43.2 Å². The van der Waals surface area contributed by atoms with Crippen molar-refractivity contribution in [2.24, 2.45) is 0 Å². The summed E-state index contributed by atoms with van der Waals surface area (Å²) in [6.07, 6.45) is 0. The molecule has 30 valence electrons. The molecule has 0 spiro atoms. The van der Waals surface area contributed by atoms with Crippen LogP contribution >= 0.6 is 9.90 Å². The molecule has 0 bridgehead atoms. The van der Waals surface area contributed by atoms with Gasteiger partial charge >= 0.3 is 0 Å². The largest absolute Gasteiger partial charge is 0.153 e. The van der Waals surface area contributed by atoms with Gasteiger partial charge in [-0.15, -0.1) is 0 Å². The molecule has 0 saturated heterocycles. The topological polar surface area (TPSA) is 0 Å². The Morgan fingerprint density at radius 3 is 0.750 bits per heavy atom. The molecule has 0 nitrogen and oxygen atoms in total. The van der Waals surface area contributed by atoms with Gasteiger partial charge in [-0.05, 0) is 0 Å². The summed E-state index contributed by atoms with van der Waals surface area (Å²) in [4.78, 5) is 0. The fourth-order valence-corrected chi connectivity index (χ4v) is 0. The Balaban J connectivity index is 0. The Labute approximate surface area is 43.8 Å². The van der Waals surface area contributed by atoms with Crippen molar-refractivity contribution in [3.8, 4) is 0 Å². The summed E-state index contributed by atoms with van der Waals surface area (Å²) < 4.78 is 0. The average Bonchev–Trinajstić information content (AvgIpc) is 0. The summed E-state index contributed by atoms with van der Waals surface area (Å²) in [7, 11) is 0. The van der Waals surface area contributed by atoms with Crippen molar-refractivity contribution < 1.29 is 16.5 Å². The molecular weight excluding hydrogens is 111 g/mol. The molecule has 0 saturated carbocycles. The number of hydrogen-bond donors (Lipinski definition) is 0. The summed E-state index contributed by atoms with van der Waals surface area (Å²) in [5, 5.41) is 0. The quantitative estimate of drug-likeness (QED) is 0.249. The zero-order valence-electron chi connectivity index (χ0n) is 1.02. The molecule has 0 amide bonds. The summed E-state index contributed by atoms with van der Waals surface area (Å²) in [6, 6.07) is 0. The van der Waals surface area contributed by atoms with Crippen molar-refractivity contribution in [2.45, 2.75) is 0 Å². The standard InChI is InChI=1S/2BH3.Ni.H3P/h2*1H3;;1H3. The van der Waals surface area contributed by atoms with E-state index in [2.05, 4.69) is 0 Å². The maximum Gasteiger partial charge on any atom is 0.0814 e. The van der Waals surface area contributed by atoms with Gasteiger partial charge in [0.05, 0.1) is 16.8 Å². The van der Waals surface area contributed by atoms with Crippen LogP contribution in [0.3, 0.4) is 0 Å². The van der Waals surface area contributed by atoms with Crippen LogP contribution < -0.4 is 0 Å². The maximum absolute atomic E-state index is 0. The van der Waals surface area contributed by atoms with Crippen molar-refractivity contribution in [2.75, 3.05) is 0 Å². The fourth-order valence-electron chi connectivity index (χ4n) is 0. The third-order valence-corrected chi connectivity index (χ3v) is 0. The summed E-state index contributed by atoms with van der Waals surface area (Å²) >= 11 is 0. The molecule has 1 unspecified atom stereocenters. The minimum absolute atomic E-state index is 0. The van der Waals surface area contributed by atoms with Gasteiger partial charge in [0.25, 0.3) is 0 Å². The third kappa shape index (κ3) is 11.6. The van der Waals surface area contributed by atoms with Crippen LogP contribution in [0.4, 0.5) is 0 Å². The van der Waals surface area contributed by atoms with Gasteiger partial charge in [0.1, 0.15) is 0 Å². The van der Waals surface area contributed by atoms with Crippen molar-refractivity contribution in [1.29, 1.82) is 0 Å². The molecule has 0 aliphatic heterocycles.